The molecule has 0 radical (unpaired) electrons. The standard InChI is InChI=1S/C27H31N3O2/c1-19(20-11-5-3-6-12-20)30-25(31)24-17-21-13-9-10-16-23(21)29(24)18-27(30,2)26(32)28-22-14-7-4-8-15-22/h3,5-6,9-13,16-17,19,22H,4,7-8,14-15,18H2,1-2H3,(H,28,32)/t19-,27-/m1/s1. The molecule has 1 fully saturated rings. The van der Waals surface area contributed by atoms with Crippen molar-refractivity contribution in [2.45, 2.75) is 70.1 Å². The number of carbonyl (C=O) groups is 2. The third kappa shape index (κ3) is 3.40. The maximum Gasteiger partial charge on any atom is 0.271 e. The molecule has 166 valence electrons. The number of hydrogen-bond donors (Lipinski definition) is 1. The lowest BCUT2D eigenvalue weighted by atomic mass is 9.89. The summed E-state index contributed by atoms with van der Waals surface area (Å²) in [5.74, 6) is -0.144. The molecule has 3 aromatic rings. The van der Waals surface area contributed by atoms with E-state index in [1.165, 1.54) is 6.42 Å². The molecule has 2 aliphatic rings. The van der Waals surface area contributed by atoms with Gasteiger partial charge in [0.05, 0.1) is 12.6 Å². The smallest absolute Gasteiger partial charge is 0.271 e. The zero-order chi connectivity index (χ0) is 22.3. The minimum absolute atomic E-state index is 0.0519. The number of rotatable bonds is 4. The zero-order valence-electron chi connectivity index (χ0n) is 18.9. The van der Waals surface area contributed by atoms with Gasteiger partial charge in [0, 0.05) is 16.9 Å². The van der Waals surface area contributed by atoms with Gasteiger partial charge in [-0.2, -0.15) is 0 Å². The lowest BCUT2D eigenvalue weighted by Gasteiger charge is -2.47. The summed E-state index contributed by atoms with van der Waals surface area (Å²) in [7, 11) is 0. The van der Waals surface area contributed by atoms with Crippen LogP contribution < -0.4 is 5.32 Å². The van der Waals surface area contributed by atoms with E-state index in [0.717, 1.165) is 42.1 Å². The molecule has 2 heterocycles. The number of fused-ring (bicyclic) bond motifs is 3. The Hall–Kier alpha value is -3.08. The molecule has 0 spiro atoms. The Morgan fingerprint density at radius 3 is 2.47 bits per heavy atom. The van der Waals surface area contributed by atoms with Gasteiger partial charge in [-0.1, -0.05) is 67.8 Å². The van der Waals surface area contributed by atoms with Crippen molar-refractivity contribution in [3.8, 4) is 0 Å². The highest BCUT2D eigenvalue weighted by atomic mass is 16.2. The molecule has 2 aromatic carbocycles. The summed E-state index contributed by atoms with van der Waals surface area (Å²) >= 11 is 0. The van der Waals surface area contributed by atoms with E-state index < -0.39 is 5.54 Å². The molecule has 1 N–H and O–H groups in total. The minimum atomic E-state index is -0.988. The van der Waals surface area contributed by atoms with E-state index in [2.05, 4.69) is 5.32 Å². The quantitative estimate of drug-likeness (QED) is 0.630. The number of nitrogens with zero attached hydrogens (tertiary/aromatic N) is 2. The van der Waals surface area contributed by atoms with Crippen molar-refractivity contribution in [1.82, 2.24) is 14.8 Å². The highest BCUT2D eigenvalue weighted by Crippen LogP contribution is 2.38. The van der Waals surface area contributed by atoms with Gasteiger partial charge in [-0.3, -0.25) is 9.59 Å². The van der Waals surface area contributed by atoms with Gasteiger partial charge in [-0.15, -0.1) is 0 Å². The van der Waals surface area contributed by atoms with Crippen LogP contribution in [0.1, 0.15) is 68.0 Å². The highest BCUT2D eigenvalue weighted by molar-refractivity contribution is 6.03. The second-order valence-corrected chi connectivity index (χ2v) is 9.52. The molecule has 5 rings (SSSR count). The van der Waals surface area contributed by atoms with Gasteiger partial charge in [0.25, 0.3) is 5.91 Å². The number of aromatic nitrogens is 1. The van der Waals surface area contributed by atoms with Crippen LogP contribution in [0, 0.1) is 0 Å². The lowest BCUT2D eigenvalue weighted by Crippen LogP contribution is -2.65. The number of amides is 2. The molecule has 1 aliphatic carbocycles. The molecule has 5 heteroatoms. The number of hydrogen-bond acceptors (Lipinski definition) is 2. The first-order valence-corrected chi connectivity index (χ1v) is 11.8. The van der Waals surface area contributed by atoms with Crippen LogP contribution in [0.5, 0.6) is 0 Å². The van der Waals surface area contributed by atoms with Crippen molar-refractivity contribution in [1.29, 1.82) is 0 Å². The van der Waals surface area contributed by atoms with Gasteiger partial charge in [0.2, 0.25) is 5.91 Å². The van der Waals surface area contributed by atoms with Crippen molar-refractivity contribution < 1.29 is 9.59 Å². The molecule has 1 aliphatic heterocycles. The average molecular weight is 430 g/mol. The second-order valence-electron chi connectivity index (χ2n) is 9.52. The molecular weight excluding hydrogens is 398 g/mol. The van der Waals surface area contributed by atoms with Crippen molar-refractivity contribution in [3.63, 3.8) is 0 Å². The Balaban J connectivity index is 1.59. The Morgan fingerprint density at radius 1 is 1.03 bits per heavy atom. The van der Waals surface area contributed by atoms with Crippen LogP contribution >= 0.6 is 0 Å². The predicted octanol–water partition coefficient (Wildman–Crippen LogP) is 5.07. The minimum Gasteiger partial charge on any atom is -0.351 e. The van der Waals surface area contributed by atoms with Gasteiger partial charge < -0.3 is 14.8 Å². The van der Waals surface area contributed by atoms with Gasteiger partial charge in [0.15, 0.2) is 0 Å². The Morgan fingerprint density at radius 2 is 1.72 bits per heavy atom. The Kier molecular flexibility index (Phi) is 5.28. The lowest BCUT2D eigenvalue weighted by molar-refractivity contribution is -0.135. The predicted molar refractivity (Wildman–Crippen MR) is 126 cm³/mol. The highest BCUT2D eigenvalue weighted by Gasteiger charge is 2.50. The van der Waals surface area contributed by atoms with E-state index in [0.29, 0.717) is 12.2 Å². The molecule has 0 bridgehead atoms. The van der Waals surface area contributed by atoms with Crippen LogP contribution in [0.3, 0.4) is 0 Å². The van der Waals surface area contributed by atoms with Gasteiger partial charge in [-0.25, -0.2) is 0 Å². The molecule has 1 saturated carbocycles. The van der Waals surface area contributed by atoms with Crippen molar-refractivity contribution in [2.75, 3.05) is 0 Å². The number of carbonyl (C=O) groups excluding carboxylic acids is 2. The van der Waals surface area contributed by atoms with E-state index in [1.807, 2.05) is 84.0 Å². The van der Waals surface area contributed by atoms with Crippen molar-refractivity contribution in [3.05, 3.63) is 71.9 Å². The third-order valence-electron chi connectivity index (χ3n) is 7.35. The molecule has 2 amide bonds. The zero-order valence-corrected chi connectivity index (χ0v) is 18.9. The third-order valence-corrected chi connectivity index (χ3v) is 7.35. The number of benzene rings is 2. The van der Waals surface area contributed by atoms with Crippen molar-refractivity contribution in [2.24, 2.45) is 0 Å². The maximum atomic E-state index is 13.9. The summed E-state index contributed by atoms with van der Waals surface area (Å²) in [6.07, 6.45) is 5.57. The SMILES string of the molecule is C[C@H](c1ccccc1)N1C(=O)c2cc3ccccc3n2C[C@]1(C)C(=O)NC1CCCCC1. The Bertz CT molecular complexity index is 1150. The summed E-state index contributed by atoms with van der Waals surface area (Å²) in [4.78, 5) is 29.6. The van der Waals surface area contributed by atoms with Crippen LogP contribution in [-0.4, -0.2) is 32.9 Å². The molecule has 5 nitrogen and oxygen atoms in total. The van der Waals surface area contributed by atoms with Crippen LogP contribution in [0.15, 0.2) is 60.7 Å². The van der Waals surface area contributed by atoms with Crippen LogP contribution in [0.25, 0.3) is 10.9 Å². The fraction of sp³-hybridized carbons (Fsp3) is 0.407. The largest absolute Gasteiger partial charge is 0.351 e. The first-order chi connectivity index (χ1) is 15.5. The summed E-state index contributed by atoms with van der Waals surface area (Å²) in [5.41, 5.74) is 1.69. The van der Waals surface area contributed by atoms with Gasteiger partial charge in [-0.05, 0) is 44.4 Å². The van der Waals surface area contributed by atoms with E-state index >= 15 is 0 Å². The first kappa shape index (κ1) is 20.8. The molecular formula is C27H31N3O2. The molecule has 0 unspecified atom stereocenters. The average Bonchev–Trinajstić information content (AvgIpc) is 3.19. The fourth-order valence-corrected chi connectivity index (χ4v) is 5.54. The monoisotopic (exact) mass is 429 g/mol. The second kappa shape index (κ2) is 8.12. The molecule has 2 atom stereocenters. The number of nitrogens with one attached hydrogen (secondary N) is 1. The van der Waals surface area contributed by atoms with Crippen LogP contribution in [0.2, 0.25) is 0 Å². The van der Waals surface area contributed by atoms with E-state index in [4.69, 9.17) is 0 Å². The van der Waals surface area contributed by atoms with Gasteiger partial charge >= 0.3 is 0 Å². The summed E-state index contributed by atoms with van der Waals surface area (Å²) in [6, 6.07) is 20.0. The van der Waals surface area contributed by atoms with Gasteiger partial charge in [0.1, 0.15) is 11.2 Å². The maximum absolute atomic E-state index is 13.9. The normalized spacial score (nSPS) is 22.6. The molecule has 1 aromatic heterocycles. The number of para-hydroxylation sites is 1. The molecule has 0 saturated heterocycles. The van der Waals surface area contributed by atoms with E-state index in [9.17, 15) is 9.59 Å². The fourth-order valence-electron chi connectivity index (χ4n) is 5.54. The summed E-state index contributed by atoms with van der Waals surface area (Å²) in [5, 5.41) is 4.34. The van der Waals surface area contributed by atoms with E-state index in [-0.39, 0.29) is 23.9 Å². The topological polar surface area (TPSA) is 54.3 Å². The van der Waals surface area contributed by atoms with Crippen molar-refractivity contribution >= 4 is 22.7 Å². The van der Waals surface area contributed by atoms with E-state index in [1.54, 1.807) is 0 Å². The molecule has 32 heavy (non-hydrogen) atoms. The Labute approximate surface area is 189 Å². The summed E-state index contributed by atoms with van der Waals surface area (Å²) in [6.45, 7) is 4.40. The first-order valence-electron chi connectivity index (χ1n) is 11.8. The van der Waals surface area contributed by atoms with Crippen LogP contribution in [0.4, 0.5) is 0 Å². The van der Waals surface area contributed by atoms with Crippen LogP contribution in [-0.2, 0) is 11.3 Å². The summed E-state index contributed by atoms with van der Waals surface area (Å²) < 4.78 is 2.03.